The molecule has 2 rings (SSSR count). The van der Waals surface area contributed by atoms with Gasteiger partial charge in [0.25, 0.3) is 0 Å². The molecule has 1 heterocycles. The van der Waals surface area contributed by atoms with Crippen molar-refractivity contribution in [1.29, 1.82) is 5.26 Å². The van der Waals surface area contributed by atoms with Crippen molar-refractivity contribution in [3.63, 3.8) is 0 Å². The highest BCUT2D eigenvalue weighted by Crippen LogP contribution is 2.22. The van der Waals surface area contributed by atoms with Crippen LogP contribution in [0, 0.1) is 23.0 Å². The van der Waals surface area contributed by atoms with E-state index in [0.717, 1.165) is 30.1 Å². The number of carbonyl (C=O) groups is 2. The first-order valence-corrected chi connectivity index (χ1v) is 6.98. The molecule has 1 aliphatic heterocycles. The van der Waals surface area contributed by atoms with E-state index in [1.165, 1.54) is 6.07 Å². The summed E-state index contributed by atoms with van der Waals surface area (Å²) in [6.07, 6.45) is 0.554. The summed E-state index contributed by atoms with van der Waals surface area (Å²) >= 11 is 0.880. The van der Waals surface area contributed by atoms with E-state index in [9.17, 15) is 18.4 Å². The molecule has 23 heavy (non-hydrogen) atoms. The van der Waals surface area contributed by atoms with Crippen LogP contribution in [-0.2, 0) is 9.59 Å². The van der Waals surface area contributed by atoms with Crippen LogP contribution in [0.15, 0.2) is 22.3 Å². The molecule has 118 valence electrons. The number of aliphatic carboxylic acids is 1. The van der Waals surface area contributed by atoms with Gasteiger partial charge in [-0.3, -0.25) is 9.59 Å². The first-order chi connectivity index (χ1) is 10.9. The number of thioether (sulfide) groups is 1. The summed E-state index contributed by atoms with van der Waals surface area (Å²) < 4.78 is 27.0. The van der Waals surface area contributed by atoms with Crippen LogP contribution >= 0.6 is 11.8 Å². The number of halogens is 2. The lowest BCUT2D eigenvalue weighted by Crippen LogP contribution is -2.26. The number of carbonyl (C=O) groups excluding carboxylic acids is 1. The molecule has 0 radical (unpaired) electrons. The van der Waals surface area contributed by atoms with Gasteiger partial charge in [0.2, 0.25) is 5.91 Å². The number of nitrogens with one attached hydrogen (secondary N) is 1. The minimum absolute atomic E-state index is 0.0621. The molecule has 1 aromatic rings. The molecule has 1 atom stereocenters. The van der Waals surface area contributed by atoms with Crippen molar-refractivity contribution in [2.75, 3.05) is 0 Å². The molecular formula is C13H8F2N4O3S. The first-order valence-electron chi connectivity index (χ1n) is 6.10. The second kappa shape index (κ2) is 6.97. The second-order valence-electron chi connectivity index (χ2n) is 4.31. The maximum absolute atomic E-state index is 13.6. The quantitative estimate of drug-likeness (QED) is 0.633. The molecule has 1 fully saturated rings. The maximum Gasteiger partial charge on any atom is 0.305 e. The Kier molecular flexibility index (Phi) is 5.02. The van der Waals surface area contributed by atoms with Crippen molar-refractivity contribution in [3.8, 4) is 6.07 Å². The van der Waals surface area contributed by atoms with Gasteiger partial charge in [0.1, 0.15) is 23.0 Å². The standard InChI is InChI=1S/C13H8F2N4O3S/c14-8-2-7(9(15)1-6(8)4-16)5-17-19-13-18-12(22)10(23-13)3-11(20)21/h1-2,5,10H,3H2,(H,20,21)(H,18,19,22). The van der Waals surface area contributed by atoms with Gasteiger partial charge in [0.15, 0.2) is 5.17 Å². The molecule has 1 saturated heterocycles. The summed E-state index contributed by atoms with van der Waals surface area (Å²) in [5.41, 5.74) is -0.650. The molecule has 1 unspecified atom stereocenters. The lowest BCUT2D eigenvalue weighted by atomic mass is 10.1. The third-order valence-corrected chi connectivity index (χ3v) is 3.76. The number of hydrogen-bond donors (Lipinski definition) is 2. The van der Waals surface area contributed by atoms with Crippen LogP contribution in [0.1, 0.15) is 17.5 Å². The van der Waals surface area contributed by atoms with Crippen molar-refractivity contribution in [2.24, 2.45) is 10.2 Å². The van der Waals surface area contributed by atoms with Gasteiger partial charge in [-0.25, -0.2) is 8.78 Å². The SMILES string of the molecule is N#Cc1cc(F)c(C=NN=C2NC(=O)C(CC(=O)O)S2)cc1F. The summed E-state index contributed by atoms with van der Waals surface area (Å²) in [6.45, 7) is 0. The second-order valence-corrected chi connectivity index (χ2v) is 5.50. The monoisotopic (exact) mass is 338 g/mol. The molecule has 0 aliphatic carbocycles. The highest BCUT2D eigenvalue weighted by molar-refractivity contribution is 8.15. The zero-order chi connectivity index (χ0) is 17.0. The van der Waals surface area contributed by atoms with Crippen LogP contribution in [-0.4, -0.2) is 33.6 Å². The van der Waals surface area contributed by atoms with Gasteiger partial charge in [-0.2, -0.15) is 10.4 Å². The minimum Gasteiger partial charge on any atom is -0.481 e. The van der Waals surface area contributed by atoms with Crippen LogP contribution in [0.25, 0.3) is 0 Å². The summed E-state index contributed by atoms with van der Waals surface area (Å²) in [6, 6.07) is 3.04. The Hall–Kier alpha value is -2.80. The Morgan fingerprint density at radius 3 is 2.87 bits per heavy atom. The molecule has 0 aromatic heterocycles. The number of hydrogen-bond acceptors (Lipinski definition) is 6. The third-order valence-electron chi connectivity index (χ3n) is 2.69. The number of amides is 1. The Morgan fingerprint density at radius 2 is 2.22 bits per heavy atom. The van der Waals surface area contributed by atoms with Gasteiger partial charge in [0, 0.05) is 5.56 Å². The van der Waals surface area contributed by atoms with E-state index >= 15 is 0 Å². The molecule has 1 aromatic carbocycles. The predicted molar refractivity (Wildman–Crippen MR) is 77.9 cm³/mol. The van der Waals surface area contributed by atoms with E-state index in [1.54, 1.807) is 0 Å². The normalized spacial score (nSPS) is 19.1. The van der Waals surface area contributed by atoms with Crippen molar-refractivity contribution in [1.82, 2.24) is 5.32 Å². The van der Waals surface area contributed by atoms with Crippen LogP contribution in [0.4, 0.5) is 8.78 Å². The van der Waals surface area contributed by atoms with E-state index in [0.29, 0.717) is 0 Å². The molecular weight excluding hydrogens is 330 g/mol. The summed E-state index contributed by atoms with van der Waals surface area (Å²) in [5, 5.41) is 25.9. The topological polar surface area (TPSA) is 115 Å². The zero-order valence-electron chi connectivity index (χ0n) is 11.3. The minimum atomic E-state index is -1.13. The van der Waals surface area contributed by atoms with Crippen LogP contribution < -0.4 is 5.32 Å². The largest absolute Gasteiger partial charge is 0.481 e. The van der Waals surface area contributed by atoms with Crippen molar-refractivity contribution < 1.29 is 23.5 Å². The van der Waals surface area contributed by atoms with E-state index in [4.69, 9.17) is 10.4 Å². The van der Waals surface area contributed by atoms with Crippen LogP contribution in [0.2, 0.25) is 0 Å². The predicted octanol–water partition coefficient (Wildman–Crippen LogP) is 1.23. The maximum atomic E-state index is 13.6. The Bertz CT molecular complexity index is 773. The Balaban J connectivity index is 2.10. The number of nitriles is 1. The summed E-state index contributed by atoms with van der Waals surface area (Å²) in [7, 11) is 0. The van der Waals surface area contributed by atoms with Gasteiger partial charge in [0.05, 0.1) is 18.2 Å². The lowest BCUT2D eigenvalue weighted by Gasteiger charge is -1.98. The molecule has 2 N–H and O–H groups in total. The number of benzene rings is 1. The number of nitrogens with zero attached hydrogens (tertiary/aromatic N) is 3. The molecule has 0 spiro atoms. The molecule has 0 saturated carbocycles. The van der Waals surface area contributed by atoms with Crippen molar-refractivity contribution in [2.45, 2.75) is 11.7 Å². The van der Waals surface area contributed by atoms with Gasteiger partial charge in [-0.1, -0.05) is 11.8 Å². The van der Waals surface area contributed by atoms with Crippen molar-refractivity contribution >= 4 is 35.0 Å². The van der Waals surface area contributed by atoms with Crippen LogP contribution in [0.3, 0.4) is 0 Å². The Morgan fingerprint density at radius 1 is 1.48 bits per heavy atom. The average molecular weight is 338 g/mol. The lowest BCUT2D eigenvalue weighted by molar-refractivity contribution is -0.138. The summed E-state index contributed by atoms with van der Waals surface area (Å²) in [4.78, 5) is 22.0. The highest BCUT2D eigenvalue weighted by Gasteiger charge is 2.32. The highest BCUT2D eigenvalue weighted by atomic mass is 32.2. The number of carboxylic acid groups (broad SMARTS) is 1. The summed E-state index contributed by atoms with van der Waals surface area (Å²) in [5.74, 6) is -3.38. The number of amidine groups is 1. The zero-order valence-corrected chi connectivity index (χ0v) is 12.1. The van der Waals surface area contributed by atoms with Gasteiger partial charge in [-0.05, 0) is 12.1 Å². The van der Waals surface area contributed by atoms with E-state index < -0.39 is 34.3 Å². The Labute approximate surface area is 132 Å². The number of carboxylic acids is 1. The van der Waals surface area contributed by atoms with E-state index in [1.807, 2.05) is 0 Å². The van der Waals surface area contributed by atoms with E-state index in [-0.39, 0.29) is 17.2 Å². The molecule has 1 aliphatic rings. The fourth-order valence-corrected chi connectivity index (χ4v) is 2.55. The average Bonchev–Trinajstić information content (AvgIpc) is 2.81. The fraction of sp³-hybridized carbons (Fsp3) is 0.154. The third kappa shape index (κ3) is 4.10. The molecule has 1 amide bonds. The van der Waals surface area contributed by atoms with Gasteiger partial charge >= 0.3 is 5.97 Å². The van der Waals surface area contributed by atoms with Crippen LogP contribution in [0.5, 0.6) is 0 Å². The van der Waals surface area contributed by atoms with Crippen molar-refractivity contribution in [3.05, 3.63) is 34.9 Å². The smallest absolute Gasteiger partial charge is 0.305 e. The first kappa shape index (κ1) is 16.6. The van der Waals surface area contributed by atoms with Gasteiger partial charge in [-0.15, -0.1) is 5.10 Å². The fourth-order valence-electron chi connectivity index (χ4n) is 1.64. The van der Waals surface area contributed by atoms with Gasteiger partial charge < -0.3 is 10.4 Å². The van der Waals surface area contributed by atoms with E-state index in [2.05, 4.69) is 15.5 Å². The molecule has 10 heteroatoms. The molecule has 0 bridgehead atoms. The molecule has 7 nitrogen and oxygen atoms in total. The number of rotatable bonds is 4.